The maximum atomic E-state index is 13.5. The summed E-state index contributed by atoms with van der Waals surface area (Å²) in [5, 5.41) is 4.79. The zero-order valence-electron chi connectivity index (χ0n) is 20.3. The first-order chi connectivity index (χ1) is 16.5. The number of rotatable bonds is 3. The Bertz CT molecular complexity index is 1320. The van der Waals surface area contributed by atoms with Gasteiger partial charge in [-0.1, -0.05) is 60.9 Å². The van der Waals surface area contributed by atoms with E-state index in [1.165, 1.54) is 22.9 Å². The lowest BCUT2D eigenvalue weighted by Gasteiger charge is -2.42. The lowest BCUT2D eigenvalue weighted by molar-refractivity contribution is 0.0969. The van der Waals surface area contributed by atoms with Crippen molar-refractivity contribution >= 4 is 58.2 Å². The summed E-state index contributed by atoms with van der Waals surface area (Å²) < 4.78 is 0. The molecule has 0 saturated heterocycles. The van der Waals surface area contributed by atoms with Crippen LogP contribution in [0.2, 0.25) is 10.0 Å². The van der Waals surface area contributed by atoms with Gasteiger partial charge in [-0.25, -0.2) is 9.97 Å². The topological polar surface area (TPSA) is 61.4 Å². The van der Waals surface area contributed by atoms with Crippen LogP contribution in [-0.4, -0.2) is 39.2 Å². The molecule has 1 amide bonds. The molecule has 9 heteroatoms. The van der Waals surface area contributed by atoms with Crippen molar-refractivity contribution < 1.29 is 4.79 Å². The van der Waals surface area contributed by atoms with E-state index in [9.17, 15) is 4.79 Å². The molecule has 0 atom stereocenters. The van der Waals surface area contributed by atoms with E-state index in [0.29, 0.717) is 32.3 Å². The molecule has 2 aliphatic rings. The second-order valence-electron chi connectivity index (χ2n) is 10.2. The lowest BCUT2D eigenvalue weighted by Crippen LogP contribution is -2.49. The van der Waals surface area contributed by atoms with Crippen LogP contribution in [0.4, 0.5) is 17.3 Å². The Morgan fingerprint density at radius 1 is 1.09 bits per heavy atom. The van der Waals surface area contributed by atoms with Gasteiger partial charge < -0.3 is 10.2 Å². The summed E-state index contributed by atoms with van der Waals surface area (Å²) in [5.74, 6) is 0.219. The van der Waals surface area contributed by atoms with Crippen molar-refractivity contribution in [1.82, 2.24) is 14.9 Å². The summed E-state index contributed by atoms with van der Waals surface area (Å²) in [6, 6.07) is 11.6. The van der Waals surface area contributed by atoms with E-state index < -0.39 is 4.87 Å². The molecule has 0 radical (unpaired) electrons. The largest absolute Gasteiger partial charge is 0.324 e. The predicted molar refractivity (Wildman–Crippen MR) is 144 cm³/mol. The number of carbonyl (C=O) groups is 1. The number of fused-ring (bicyclic) bond motifs is 2. The van der Waals surface area contributed by atoms with Crippen molar-refractivity contribution in [2.24, 2.45) is 0 Å². The van der Waals surface area contributed by atoms with E-state index >= 15 is 0 Å². The minimum Gasteiger partial charge on any atom is -0.324 e. The summed E-state index contributed by atoms with van der Waals surface area (Å²) in [7, 11) is 2.15. The van der Waals surface area contributed by atoms with Crippen LogP contribution in [0.25, 0.3) is 0 Å². The number of likely N-dealkylation sites (N-methyl/N-ethyl adjacent to an activating group) is 1. The third-order valence-electron chi connectivity index (χ3n) is 6.43. The molecule has 2 aromatic carbocycles. The van der Waals surface area contributed by atoms with Crippen LogP contribution in [-0.2, 0) is 12.0 Å². The quantitative estimate of drug-likeness (QED) is 0.380. The minimum absolute atomic E-state index is 0.0994. The number of para-hydroxylation sites is 1. The Hall–Kier alpha value is -2.32. The van der Waals surface area contributed by atoms with Crippen molar-refractivity contribution in [3.8, 4) is 0 Å². The van der Waals surface area contributed by atoms with Crippen molar-refractivity contribution in [2.45, 2.75) is 49.6 Å². The Morgan fingerprint density at radius 2 is 1.80 bits per heavy atom. The summed E-state index contributed by atoms with van der Waals surface area (Å²) in [4.78, 5) is 26.0. The number of hydrogen-bond donors (Lipinski definition) is 1. The average molecular weight is 529 g/mol. The van der Waals surface area contributed by atoms with Crippen LogP contribution < -0.4 is 10.2 Å². The summed E-state index contributed by atoms with van der Waals surface area (Å²) in [5.41, 5.74) is 4.60. The van der Waals surface area contributed by atoms with Crippen LogP contribution in [0.1, 0.15) is 49.2 Å². The third-order valence-corrected chi connectivity index (χ3v) is 8.23. The Kier molecular flexibility index (Phi) is 6.03. The van der Waals surface area contributed by atoms with Gasteiger partial charge in [0.2, 0.25) is 5.95 Å². The lowest BCUT2D eigenvalue weighted by atomic mass is 9.78. The van der Waals surface area contributed by atoms with Crippen molar-refractivity contribution in [2.75, 3.05) is 23.8 Å². The van der Waals surface area contributed by atoms with Gasteiger partial charge in [-0.15, -0.1) is 0 Å². The van der Waals surface area contributed by atoms with Gasteiger partial charge in [0, 0.05) is 30.4 Å². The Morgan fingerprint density at radius 3 is 2.51 bits per heavy atom. The molecule has 0 bridgehead atoms. The Labute approximate surface area is 220 Å². The molecule has 0 fully saturated rings. The second-order valence-corrected chi connectivity index (χ2v) is 12.6. The van der Waals surface area contributed by atoms with Gasteiger partial charge in [0.15, 0.2) is 0 Å². The molecule has 3 heterocycles. The van der Waals surface area contributed by atoms with E-state index in [4.69, 9.17) is 28.2 Å². The molecule has 2 aliphatic heterocycles. The number of carbonyl (C=O) groups excluding carboxylic acids is 1. The number of anilines is 3. The summed E-state index contributed by atoms with van der Waals surface area (Å²) >= 11 is 14.4. The smallest absolute Gasteiger partial charge is 0.263 e. The summed E-state index contributed by atoms with van der Waals surface area (Å²) in [6.07, 6.45) is 1.57. The fourth-order valence-electron chi connectivity index (χ4n) is 5.07. The van der Waals surface area contributed by atoms with Crippen molar-refractivity contribution in [1.29, 1.82) is 0 Å². The molecule has 182 valence electrons. The first-order valence-corrected chi connectivity index (χ1v) is 13.0. The van der Waals surface area contributed by atoms with Crippen LogP contribution in [0, 0.1) is 0 Å². The SMILES string of the molecule is CN1Cc2cc(Nc3ncc4c(n3)SC(C)(C)N(c3c(Cl)cccc3Cl)C4=O)ccc2C(C)(C)C1. The van der Waals surface area contributed by atoms with Gasteiger partial charge in [0.05, 0.1) is 26.2 Å². The third kappa shape index (κ3) is 4.40. The van der Waals surface area contributed by atoms with Gasteiger partial charge >= 0.3 is 0 Å². The molecule has 0 spiro atoms. The van der Waals surface area contributed by atoms with Gasteiger partial charge in [0.1, 0.15) is 5.03 Å². The monoisotopic (exact) mass is 527 g/mol. The van der Waals surface area contributed by atoms with Gasteiger partial charge in [-0.3, -0.25) is 9.69 Å². The molecule has 0 unspecified atom stereocenters. The minimum atomic E-state index is -0.660. The number of aromatic nitrogens is 2. The first kappa shape index (κ1) is 24.4. The van der Waals surface area contributed by atoms with E-state index in [1.807, 2.05) is 13.8 Å². The number of benzene rings is 2. The van der Waals surface area contributed by atoms with Crippen molar-refractivity contribution in [3.05, 3.63) is 69.3 Å². The normalized spacial score (nSPS) is 18.7. The van der Waals surface area contributed by atoms with E-state index in [2.05, 4.69) is 54.3 Å². The predicted octanol–water partition coefficient (Wildman–Crippen LogP) is 6.74. The van der Waals surface area contributed by atoms with Crippen molar-refractivity contribution in [3.63, 3.8) is 0 Å². The maximum absolute atomic E-state index is 13.5. The molecule has 0 aliphatic carbocycles. The highest BCUT2D eigenvalue weighted by Crippen LogP contribution is 2.48. The number of amides is 1. The van der Waals surface area contributed by atoms with E-state index in [-0.39, 0.29) is 11.3 Å². The Balaban J connectivity index is 1.46. The average Bonchev–Trinajstić information content (AvgIpc) is 2.74. The number of nitrogens with zero attached hydrogens (tertiary/aromatic N) is 4. The highest BCUT2D eigenvalue weighted by Gasteiger charge is 2.43. The number of nitrogens with one attached hydrogen (secondary N) is 1. The molecule has 3 aromatic rings. The number of hydrogen-bond acceptors (Lipinski definition) is 6. The zero-order valence-corrected chi connectivity index (χ0v) is 22.6. The molecular weight excluding hydrogens is 501 g/mol. The van der Waals surface area contributed by atoms with Gasteiger partial charge in [-0.2, -0.15) is 0 Å². The zero-order chi connectivity index (χ0) is 25.1. The molecular formula is C26H27Cl2N5OS. The van der Waals surface area contributed by atoms with Gasteiger partial charge in [0.25, 0.3) is 5.91 Å². The second kappa shape index (κ2) is 8.66. The highest BCUT2D eigenvalue weighted by atomic mass is 35.5. The van der Waals surface area contributed by atoms with Crippen LogP contribution in [0.3, 0.4) is 0 Å². The van der Waals surface area contributed by atoms with E-state index in [0.717, 1.165) is 18.8 Å². The molecule has 35 heavy (non-hydrogen) atoms. The summed E-state index contributed by atoms with van der Waals surface area (Å²) in [6.45, 7) is 10.4. The fraction of sp³-hybridized carbons (Fsp3) is 0.346. The molecule has 5 rings (SSSR count). The van der Waals surface area contributed by atoms with Crippen LogP contribution in [0.15, 0.2) is 47.6 Å². The standard InChI is InChI=1S/C26H27Cl2N5OS/c1-25(2)14-32(5)13-15-11-16(9-10-18(15)25)30-24-29-12-17-22(31-24)35-26(3,4)33(23(17)34)21-19(27)7-6-8-20(21)28/h6-12H,13-14H2,1-5H3,(H,29,30,31). The van der Waals surface area contributed by atoms with Crippen LogP contribution >= 0.6 is 35.0 Å². The molecule has 6 nitrogen and oxygen atoms in total. The first-order valence-electron chi connectivity index (χ1n) is 11.4. The fourth-order valence-corrected chi connectivity index (χ4v) is 6.76. The van der Waals surface area contributed by atoms with Gasteiger partial charge in [-0.05, 0) is 56.3 Å². The molecule has 1 N–H and O–H groups in total. The molecule has 1 aromatic heterocycles. The highest BCUT2D eigenvalue weighted by molar-refractivity contribution is 8.00. The number of halogens is 2. The van der Waals surface area contributed by atoms with E-state index in [1.54, 1.807) is 29.3 Å². The number of thioether (sulfide) groups is 1. The maximum Gasteiger partial charge on any atom is 0.263 e. The van der Waals surface area contributed by atoms with Crippen LogP contribution in [0.5, 0.6) is 0 Å². The molecule has 0 saturated carbocycles.